The van der Waals surface area contributed by atoms with E-state index in [0.29, 0.717) is 85.4 Å². The summed E-state index contributed by atoms with van der Waals surface area (Å²) in [5, 5.41) is 9.69. The summed E-state index contributed by atoms with van der Waals surface area (Å²) >= 11 is 0. The molecule has 1 atom stereocenters. The van der Waals surface area contributed by atoms with Crippen molar-refractivity contribution in [3.8, 4) is 28.6 Å². The van der Waals surface area contributed by atoms with Crippen LogP contribution >= 0.6 is 0 Å². The fourth-order valence-corrected chi connectivity index (χ4v) is 7.70. The highest BCUT2D eigenvalue weighted by atomic mass is 19.3. The molecule has 9 rings (SSSR count). The number of methoxy groups -OCH3 is 3. The van der Waals surface area contributed by atoms with Crippen LogP contribution < -0.4 is 24.0 Å². The molecular weight excluding hydrogens is 811 g/mol. The molecule has 1 aliphatic heterocycles. The summed E-state index contributed by atoms with van der Waals surface area (Å²) < 4.78 is 55.2. The van der Waals surface area contributed by atoms with E-state index in [2.05, 4.69) is 5.10 Å². The molecule has 17 heteroatoms. The van der Waals surface area contributed by atoms with Crippen LogP contribution in [0.2, 0.25) is 0 Å². The molecule has 2 aliphatic rings. The molecular formula is C46H46F2N10O5. The number of hydrogen-bond acceptors (Lipinski definition) is 12. The maximum absolute atomic E-state index is 14.8. The zero-order chi connectivity index (χ0) is 43.5. The lowest BCUT2D eigenvalue weighted by atomic mass is 10.2. The van der Waals surface area contributed by atoms with Crippen LogP contribution in [0.25, 0.3) is 17.0 Å². The van der Waals surface area contributed by atoms with Gasteiger partial charge >= 0.3 is 6.09 Å². The molecule has 4 heterocycles. The summed E-state index contributed by atoms with van der Waals surface area (Å²) in [6.07, 6.45) is 0.769. The Kier molecular flexibility index (Phi) is 11.5. The van der Waals surface area contributed by atoms with Gasteiger partial charge in [0.2, 0.25) is 11.9 Å². The number of ether oxygens (including phenoxy) is 4. The molecule has 1 amide bonds. The van der Waals surface area contributed by atoms with Gasteiger partial charge in [-0.15, -0.1) is 0 Å². The van der Waals surface area contributed by atoms with E-state index in [0.717, 1.165) is 22.4 Å². The highest BCUT2D eigenvalue weighted by molar-refractivity contribution is 5.68. The molecule has 0 bridgehead atoms. The standard InChI is InChI=1S/C46H46F2N10O5/c1-60-34-17-13-31(14-18-34)27-56(29-40-50-41(36-11-7-8-12-39(36)62-3)53-57(40)28-32-15-19-35(61-2)20-16-32)44-52-43(51-42-37(26-49-58(42)44)38-25-46(38,47)48)54-21-23-55(24-22-54)45(59)63-30-33-9-5-4-6-10-33/h4-20,26,38H,21-25,27-30H2,1-3H3. The maximum Gasteiger partial charge on any atom is 0.410 e. The number of hydrogen-bond donors (Lipinski definition) is 0. The van der Waals surface area contributed by atoms with Crippen LogP contribution in [0.15, 0.2) is 109 Å². The van der Waals surface area contributed by atoms with Gasteiger partial charge in [-0.1, -0.05) is 66.7 Å². The molecule has 0 radical (unpaired) electrons. The Labute approximate surface area is 362 Å². The maximum atomic E-state index is 14.8. The van der Waals surface area contributed by atoms with E-state index in [9.17, 15) is 13.6 Å². The first-order valence-corrected chi connectivity index (χ1v) is 20.6. The third-order valence-electron chi connectivity index (χ3n) is 11.3. The van der Waals surface area contributed by atoms with Crippen LogP contribution in [-0.4, -0.2) is 98.8 Å². The normalized spacial score (nSPS) is 15.6. The van der Waals surface area contributed by atoms with Crippen LogP contribution in [0.5, 0.6) is 17.2 Å². The zero-order valence-corrected chi connectivity index (χ0v) is 35.1. The van der Waals surface area contributed by atoms with Gasteiger partial charge in [0.25, 0.3) is 5.92 Å². The lowest BCUT2D eigenvalue weighted by molar-refractivity contribution is 0.0940. The predicted molar refractivity (Wildman–Crippen MR) is 230 cm³/mol. The minimum absolute atomic E-state index is 0.164. The number of para-hydroxylation sites is 1. The smallest absolute Gasteiger partial charge is 0.410 e. The van der Waals surface area contributed by atoms with E-state index in [4.69, 9.17) is 39.0 Å². The number of carbonyl (C=O) groups is 1. The van der Waals surface area contributed by atoms with E-state index < -0.39 is 17.9 Å². The van der Waals surface area contributed by atoms with Gasteiger partial charge in [-0.3, -0.25) is 0 Å². The van der Waals surface area contributed by atoms with Crippen molar-refractivity contribution in [3.05, 3.63) is 137 Å². The SMILES string of the molecule is COc1ccc(CN(Cc2nc(-c3ccccc3OC)nn2Cc2ccc(OC)cc2)c2nc(N3CCN(C(=O)OCc4ccccc4)CC3)nc3c(C4CC4(F)F)cnn23)cc1. The van der Waals surface area contributed by atoms with Crippen molar-refractivity contribution >= 4 is 23.6 Å². The predicted octanol–water partition coefficient (Wildman–Crippen LogP) is 7.25. The third kappa shape index (κ3) is 8.89. The van der Waals surface area contributed by atoms with Gasteiger partial charge in [0, 0.05) is 44.7 Å². The lowest BCUT2D eigenvalue weighted by Gasteiger charge is -2.34. The minimum atomic E-state index is -2.86. The van der Waals surface area contributed by atoms with Crippen molar-refractivity contribution < 1.29 is 32.5 Å². The number of anilines is 2. The molecule has 1 aliphatic carbocycles. The highest BCUT2D eigenvalue weighted by Crippen LogP contribution is 2.56. The molecule has 0 spiro atoms. The second-order valence-electron chi connectivity index (χ2n) is 15.5. The Balaban J connectivity index is 1.10. The summed E-state index contributed by atoms with van der Waals surface area (Å²) in [6.45, 7) is 2.49. The average Bonchev–Trinajstić information content (AvgIpc) is 3.57. The summed E-state index contributed by atoms with van der Waals surface area (Å²) in [6, 6.07) is 32.5. The second kappa shape index (κ2) is 17.6. The van der Waals surface area contributed by atoms with Crippen LogP contribution in [0.4, 0.5) is 25.5 Å². The number of benzene rings is 4. The summed E-state index contributed by atoms with van der Waals surface area (Å²) in [5.41, 5.74) is 4.12. The Bertz CT molecular complexity index is 2690. The molecule has 1 saturated carbocycles. The average molecular weight is 857 g/mol. The Hall–Kier alpha value is -7.30. The molecule has 63 heavy (non-hydrogen) atoms. The van der Waals surface area contributed by atoms with Crippen LogP contribution in [-0.2, 0) is 31.0 Å². The highest BCUT2D eigenvalue weighted by Gasteiger charge is 2.59. The molecule has 7 aromatic rings. The fourth-order valence-electron chi connectivity index (χ4n) is 7.70. The number of halogens is 2. The molecule has 324 valence electrons. The molecule has 2 fully saturated rings. The molecule has 3 aromatic heterocycles. The molecule has 4 aromatic carbocycles. The number of nitrogens with zero attached hydrogens (tertiary/aromatic N) is 10. The van der Waals surface area contributed by atoms with Crippen LogP contribution in [0.3, 0.4) is 0 Å². The summed E-state index contributed by atoms with van der Waals surface area (Å²) in [4.78, 5) is 33.9. The molecule has 1 unspecified atom stereocenters. The van der Waals surface area contributed by atoms with Gasteiger partial charge in [-0.05, 0) is 53.1 Å². The van der Waals surface area contributed by atoms with Gasteiger partial charge in [0.05, 0.1) is 52.1 Å². The van der Waals surface area contributed by atoms with E-state index in [1.807, 2.05) is 118 Å². The Morgan fingerprint density at radius 1 is 0.762 bits per heavy atom. The quantitative estimate of drug-likeness (QED) is 0.103. The van der Waals surface area contributed by atoms with Crippen molar-refractivity contribution in [1.82, 2.24) is 39.2 Å². The Morgan fingerprint density at radius 3 is 2.10 bits per heavy atom. The lowest BCUT2D eigenvalue weighted by Crippen LogP contribution is -2.49. The zero-order valence-electron chi connectivity index (χ0n) is 35.1. The summed E-state index contributed by atoms with van der Waals surface area (Å²) in [7, 11) is 4.84. The van der Waals surface area contributed by atoms with Crippen LogP contribution in [0.1, 0.15) is 40.4 Å². The molecule has 0 N–H and O–H groups in total. The number of fused-ring (bicyclic) bond motifs is 1. The fraction of sp³-hybridized carbons (Fsp3) is 0.304. The second-order valence-corrected chi connectivity index (χ2v) is 15.5. The Morgan fingerprint density at radius 2 is 1.43 bits per heavy atom. The third-order valence-corrected chi connectivity index (χ3v) is 11.3. The molecule has 15 nitrogen and oxygen atoms in total. The summed E-state index contributed by atoms with van der Waals surface area (Å²) in [5.74, 6) is -0.0877. The number of amides is 1. The van der Waals surface area contributed by atoms with Crippen molar-refractivity contribution in [2.45, 2.75) is 44.5 Å². The van der Waals surface area contributed by atoms with Crippen LogP contribution in [0, 0.1) is 0 Å². The van der Waals surface area contributed by atoms with Gasteiger partial charge in [0.15, 0.2) is 11.5 Å². The number of alkyl halides is 2. The van der Waals surface area contributed by atoms with Crippen molar-refractivity contribution in [3.63, 3.8) is 0 Å². The van der Waals surface area contributed by atoms with E-state index in [1.54, 1.807) is 30.7 Å². The van der Waals surface area contributed by atoms with Crippen molar-refractivity contribution in [2.75, 3.05) is 57.3 Å². The van der Waals surface area contributed by atoms with Gasteiger partial charge in [-0.25, -0.2) is 23.2 Å². The number of piperazine rings is 1. The first-order valence-electron chi connectivity index (χ1n) is 20.6. The topological polar surface area (TPSA) is 137 Å². The van der Waals surface area contributed by atoms with Gasteiger partial charge in [0.1, 0.15) is 29.7 Å². The van der Waals surface area contributed by atoms with E-state index in [-0.39, 0.29) is 25.2 Å². The largest absolute Gasteiger partial charge is 0.497 e. The number of aromatic nitrogens is 7. The monoisotopic (exact) mass is 856 g/mol. The number of rotatable bonds is 15. The first-order chi connectivity index (χ1) is 30.7. The van der Waals surface area contributed by atoms with Crippen molar-refractivity contribution in [2.24, 2.45) is 0 Å². The van der Waals surface area contributed by atoms with Crippen molar-refractivity contribution in [1.29, 1.82) is 0 Å². The van der Waals surface area contributed by atoms with Gasteiger partial charge < -0.3 is 33.6 Å². The molecule has 1 saturated heterocycles. The van der Waals surface area contributed by atoms with E-state index >= 15 is 0 Å². The number of carbonyl (C=O) groups excluding carboxylic acids is 1. The first kappa shape index (κ1) is 41.1. The van der Waals surface area contributed by atoms with Gasteiger partial charge in [-0.2, -0.15) is 24.7 Å². The van der Waals surface area contributed by atoms with E-state index in [1.165, 1.54) is 6.20 Å². The minimum Gasteiger partial charge on any atom is -0.497 e.